The van der Waals surface area contributed by atoms with Crippen molar-refractivity contribution < 1.29 is 27.5 Å². The minimum absolute atomic E-state index is 0.0190. The Morgan fingerprint density at radius 3 is 2.62 bits per heavy atom. The van der Waals surface area contributed by atoms with Crippen molar-refractivity contribution in [3.63, 3.8) is 0 Å². The van der Waals surface area contributed by atoms with Crippen LogP contribution in [0.5, 0.6) is 5.75 Å². The molecule has 0 spiro atoms. The minimum atomic E-state index is -3.46. The van der Waals surface area contributed by atoms with Crippen molar-refractivity contribution in [3.05, 3.63) is 110 Å². The number of aromatic nitrogens is 1. The van der Waals surface area contributed by atoms with Crippen LogP contribution in [0, 0.1) is 5.82 Å². The van der Waals surface area contributed by atoms with Gasteiger partial charge in [0, 0.05) is 37.2 Å². The number of nitrogens with zero attached hydrogens (tertiary/aromatic N) is 3. The number of piperidine rings is 1. The lowest BCUT2D eigenvalue weighted by atomic mass is 9.78. The molecule has 3 heterocycles. The van der Waals surface area contributed by atoms with E-state index in [2.05, 4.69) is 0 Å². The number of hydrogen-bond acceptors (Lipinski definition) is 4. The van der Waals surface area contributed by atoms with Crippen LogP contribution in [0.2, 0.25) is 0 Å². The zero-order valence-corrected chi connectivity index (χ0v) is 22.5. The molecule has 0 saturated carbocycles. The molecule has 1 fully saturated rings. The molecule has 3 atom stereocenters. The van der Waals surface area contributed by atoms with Gasteiger partial charge in [-0.15, -0.1) is 0 Å². The molecule has 2 aromatic carbocycles. The Balaban J connectivity index is 1.49. The highest BCUT2D eigenvalue weighted by Crippen LogP contribution is 2.59. The summed E-state index contributed by atoms with van der Waals surface area (Å²) in [5, 5.41) is 12.5. The lowest BCUT2D eigenvalue weighted by Crippen LogP contribution is -2.66. The molecular weight excluding hydrogens is 550 g/mol. The molecule has 1 unspecified atom stereocenters. The molecule has 2 aliphatic heterocycles. The number of pyridine rings is 1. The molecule has 1 aromatic heterocycles. The average Bonchev–Trinajstić information content (AvgIpc) is 3.30. The highest BCUT2D eigenvalue weighted by Gasteiger charge is 2.53. The van der Waals surface area contributed by atoms with Gasteiger partial charge in [-0.2, -0.15) is 0 Å². The quantitative estimate of drug-likeness (QED) is 0.374. The van der Waals surface area contributed by atoms with Crippen molar-refractivity contribution in [1.82, 2.24) is 9.58 Å². The maximum atomic E-state index is 15.7. The third kappa shape index (κ3) is 3.20. The molecule has 0 radical (unpaired) electrons. The molecule has 1 N–H and O–H groups in total. The van der Waals surface area contributed by atoms with Crippen molar-refractivity contribution in [2.24, 2.45) is 0 Å². The first kappa shape index (κ1) is 25.4. The van der Waals surface area contributed by atoms with Gasteiger partial charge in [-0.3, -0.25) is 19.3 Å². The van der Waals surface area contributed by atoms with E-state index < -0.39 is 58.7 Å². The topological polar surface area (TPSA) is 65.8 Å². The minimum Gasteiger partial charge on any atom is -0.502 e. The largest absolute Gasteiger partial charge is 0.502 e. The van der Waals surface area contributed by atoms with E-state index in [1.54, 1.807) is 11.1 Å². The van der Waals surface area contributed by atoms with Crippen LogP contribution in [-0.4, -0.2) is 39.0 Å². The van der Waals surface area contributed by atoms with E-state index in [-0.39, 0.29) is 30.6 Å². The lowest BCUT2D eigenvalue weighted by molar-refractivity contribution is -0.00861. The second-order valence-corrected chi connectivity index (χ2v) is 12.0. The number of amides is 1. The highest BCUT2D eigenvalue weighted by molar-refractivity contribution is 6.06. The van der Waals surface area contributed by atoms with E-state index in [9.17, 15) is 14.7 Å². The smallest absolute Gasteiger partial charge is 0.280 e. The van der Waals surface area contributed by atoms with Gasteiger partial charge >= 0.3 is 0 Å². The predicted molar refractivity (Wildman–Crippen MR) is 147 cm³/mol. The third-order valence-electron chi connectivity index (χ3n) is 9.44. The van der Waals surface area contributed by atoms with Crippen LogP contribution in [0.3, 0.4) is 0 Å². The average molecular weight is 576 g/mol. The van der Waals surface area contributed by atoms with Gasteiger partial charge in [-0.05, 0) is 59.2 Å². The molecule has 42 heavy (non-hydrogen) atoms. The summed E-state index contributed by atoms with van der Waals surface area (Å²) in [5.74, 6) is -5.84. The molecule has 6 nitrogen and oxygen atoms in total. The van der Waals surface area contributed by atoms with Crippen molar-refractivity contribution in [3.8, 4) is 5.75 Å². The fraction of sp³-hybridized carbons (Fsp3) is 0.312. The van der Waals surface area contributed by atoms with Crippen molar-refractivity contribution in [1.29, 1.82) is 0 Å². The predicted octanol–water partition coefficient (Wildman–Crippen LogP) is 5.77. The maximum Gasteiger partial charge on any atom is 0.280 e. The molecular formula is C32H25F4N3O3. The number of hydrogen-bond donors (Lipinski definition) is 1. The van der Waals surface area contributed by atoms with Gasteiger partial charge in [0.2, 0.25) is 5.43 Å². The van der Waals surface area contributed by atoms with E-state index in [0.29, 0.717) is 28.7 Å². The van der Waals surface area contributed by atoms with Crippen molar-refractivity contribution in [2.45, 2.75) is 56.4 Å². The lowest BCUT2D eigenvalue weighted by Gasteiger charge is -2.54. The number of carbonyl (C=O) groups is 1. The Hall–Kier alpha value is -4.34. The van der Waals surface area contributed by atoms with Crippen molar-refractivity contribution in [2.75, 3.05) is 11.6 Å². The first-order chi connectivity index (χ1) is 20.0. The second kappa shape index (κ2) is 8.14. The first-order valence-corrected chi connectivity index (χ1v) is 13.9. The molecule has 5 aliphatic rings. The van der Waals surface area contributed by atoms with Gasteiger partial charge < -0.3 is 10.0 Å². The van der Waals surface area contributed by atoms with E-state index in [0.717, 1.165) is 23.3 Å². The molecule has 3 aliphatic carbocycles. The summed E-state index contributed by atoms with van der Waals surface area (Å²) in [6, 6.07) is 10.2. The van der Waals surface area contributed by atoms with Crippen molar-refractivity contribution >= 4 is 17.1 Å². The van der Waals surface area contributed by atoms with Crippen LogP contribution in [0.15, 0.2) is 65.1 Å². The number of allylic oxidation sites excluding steroid dienone is 4. The van der Waals surface area contributed by atoms with Crippen LogP contribution in [-0.2, 0) is 5.92 Å². The Morgan fingerprint density at radius 2 is 1.81 bits per heavy atom. The zero-order valence-electron chi connectivity index (χ0n) is 22.5. The van der Waals surface area contributed by atoms with Gasteiger partial charge in [0.15, 0.2) is 11.4 Å². The van der Waals surface area contributed by atoms with E-state index >= 15 is 17.6 Å². The standard InChI is InChI=1S/C32H25F4N3O3/c1-31(34)11-13-37-23(15-31)39(38-12-10-22(40)29(41)28(38)30(37)42)27-19-5-3-2-4-17(19)18-7-6-16-14-32(35,36)26-21(33)9-8-20(27)25(26)24(16)18/h2-6,8-10,12,23,27,41H,7,11,13-15H2,1H3/t23-,27-,31?/m1/s1. The second-order valence-electron chi connectivity index (χ2n) is 12.0. The number of alkyl halides is 3. The highest BCUT2D eigenvalue weighted by atomic mass is 19.3. The maximum absolute atomic E-state index is 15.7. The zero-order chi connectivity index (χ0) is 29.3. The molecule has 0 bridgehead atoms. The van der Waals surface area contributed by atoms with Gasteiger partial charge in [-0.1, -0.05) is 36.4 Å². The Morgan fingerprint density at radius 1 is 1.02 bits per heavy atom. The third-order valence-corrected chi connectivity index (χ3v) is 9.44. The number of fused-ring (bicyclic) bond motifs is 4. The number of aromatic hydroxyl groups is 1. The molecule has 214 valence electrons. The van der Waals surface area contributed by atoms with Gasteiger partial charge in [0.1, 0.15) is 17.7 Å². The Kier molecular flexibility index (Phi) is 4.92. The monoisotopic (exact) mass is 575 g/mol. The number of carbonyl (C=O) groups excluding carboxylic acids is 1. The summed E-state index contributed by atoms with van der Waals surface area (Å²) in [5.41, 5.74) is 0.449. The molecule has 3 aromatic rings. The number of rotatable bonds is 1. The Bertz CT molecular complexity index is 1870. The summed E-state index contributed by atoms with van der Waals surface area (Å²) >= 11 is 0. The molecule has 1 saturated heterocycles. The van der Waals surface area contributed by atoms with E-state index in [4.69, 9.17) is 0 Å². The summed E-state index contributed by atoms with van der Waals surface area (Å²) in [7, 11) is 0. The normalized spacial score (nSPS) is 26.7. The van der Waals surface area contributed by atoms with Crippen LogP contribution in [0.4, 0.5) is 17.6 Å². The molecule has 1 amide bonds. The summed E-state index contributed by atoms with van der Waals surface area (Å²) in [6.45, 7) is 1.48. The van der Waals surface area contributed by atoms with Crippen LogP contribution in [0.1, 0.15) is 77.0 Å². The van der Waals surface area contributed by atoms with Gasteiger partial charge in [0.25, 0.3) is 11.8 Å². The molecule has 10 heteroatoms. The van der Waals surface area contributed by atoms with Crippen LogP contribution >= 0.6 is 0 Å². The van der Waals surface area contributed by atoms with E-state index in [1.807, 2.05) is 24.3 Å². The summed E-state index contributed by atoms with van der Waals surface area (Å²) in [6.07, 6.45) is 1.94. The first-order valence-electron chi connectivity index (χ1n) is 13.9. The number of halogens is 4. The fourth-order valence-corrected chi connectivity index (χ4v) is 7.63. The van der Waals surface area contributed by atoms with Gasteiger partial charge in [0.05, 0.1) is 11.6 Å². The van der Waals surface area contributed by atoms with E-state index in [1.165, 1.54) is 28.8 Å². The summed E-state index contributed by atoms with van der Waals surface area (Å²) in [4.78, 5) is 27.7. The summed E-state index contributed by atoms with van der Waals surface area (Å²) < 4.78 is 64.0. The molecule has 8 rings (SSSR count). The fourth-order valence-electron chi connectivity index (χ4n) is 7.63. The van der Waals surface area contributed by atoms with Crippen LogP contribution < -0.4 is 10.4 Å². The number of benzene rings is 2. The van der Waals surface area contributed by atoms with Gasteiger partial charge in [-0.25, -0.2) is 17.6 Å². The SMILES string of the molecule is CC1(F)CCN2C(=O)c3c(O)c(=O)ccn3N([C@@H]3c4ccccc4C4=C5C(=CC4)CC(F)(F)c4c(F)ccc3c45)[C@@H]2C1. The Labute approximate surface area is 237 Å². The van der Waals surface area contributed by atoms with Crippen LogP contribution in [0.25, 0.3) is 11.1 Å².